The zero-order chi connectivity index (χ0) is 15.5. The minimum Gasteiger partial charge on any atom is -0.381 e. The van der Waals surface area contributed by atoms with Crippen LogP contribution in [0, 0.1) is 0 Å². The van der Waals surface area contributed by atoms with Crippen molar-refractivity contribution in [2.45, 2.75) is 30.3 Å². The second kappa shape index (κ2) is 7.26. The molecule has 1 aliphatic heterocycles. The van der Waals surface area contributed by atoms with Crippen LogP contribution in [0.25, 0.3) is 0 Å². The minimum atomic E-state index is -3.67. The van der Waals surface area contributed by atoms with Gasteiger partial charge in [-0.05, 0) is 37.6 Å². The molecular formula is C13H18Cl2N2O3S. The van der Waals surface area contributed by atoms with Crippen molar-refractivity contribution in [3.63, 3.8) is 0 Å². The van der Waals surface area contributed by atoms with E-state index in [1.807, 2.05) is 0 Å². The second-order valence-electron chi connectivity index (χ2n) is 4.91. The molecule has 0 radical (unpaired) electrons. The molecule has 2 N–H and O–H groups in total. The van der Waals surface area contributed by atoms with Gasteiger partial charge in [0.05, 0.1) is 5.02 Å². The molecule has 0 amide bonds. The number of benzene rings is 1. The molecule has 21 heavy (non-hydrogen) atoms. The molecule has 0 aliphatic carbocycles. The van der Waals surface area contributed by atoms with Gasteiger partial charge >= 0.3 is 0 Å². The first-order valence-electron chi connectivity index (χ1n) is 6.66. The largest absolute Gasteiger partial charge is 0.381 e. The standard InChI is InChI=1S/C13H18Cl2N2O3S/c1-16-8-9-6-13(12(15)7-11(9)14)21(18,19)17-10-2-4-20-5-3-10/h6-7,10,16-17H,2-5,8H2,1H3. The summed E-state index contributed by atoms with van der Waals surface area (Å²) in [5.41, 5.74) is 0.691. The summed E-state index contributed by atoms with van der Waals surface area (Å²) in [4.78, 5) is 0.0605. The highest BCUT2D eigenvalue weighted by Gasteiger charge is 2.25. The van der Waals surface area contributed by atoms with Crippen molar-refractivity contribution in [3.05, 3.63) is 27.7 Å². The topological polar surface area (TPSA) is 67.4 Å². The number of hydrogen-bond acceptors (Lipinski definition) is 4. The Bertz CT molecular complexity index is 602. The van der Waals surface area contributed by atoms with Crippen molar-refractivity contribution in [3.8, 4) is 0 Å². The Kier molecular flexibility index (Phi) is 5.88. The summed E-state index contributed by atoms with van der Waals surface area (Å²) in [6.45, 7) is 1.59. The van der Waals surface area contributed by atoms with Gasteiger partial charge in [0, 0.05) is 30.8 Å². The van der Waals surface area contributed by atoms with E-state index in [2.05, 4.69) is 10.0 Å². The second-order valence-corrected chi connectivity index (χ2v) is 7.41. The summed E-state index contributed by atoms with van der Waals surface area (Å²) < 4.78 is 32.9. The predicted molar refractivity (Wildman–Crippen MR) is 83.4 cm³/mol. The van der Waals surface area contributed by atoms with Crippen LogP contribution in [0.5, 0.6) is 0 Å². The smallest absolute Gasteiger partial charge is 0.242 e. The van der Waals surface area contributed by atoms with Crippen LogP contribution >= 0.6 is 23.2 Å². The molecule has 2 rings (SSSR count). The molecular weight excluding hydrogens is 335 g/mol. The zero-order valence-electron chi connectivity index (χ0n) is 11.7. The number of sulfonamides is 1. The molecule has 0 bridgehead atoms. The average Bonchev–Trinajstić information content (AvgIpc) is 2.42. The van der Waals surface area contributed by atoms with Crippen LogP contribution in [-0.4, -0.2) is 34.7 Å². The highest BCUT2D eigenvalue weighted by atomic mass is 35.5. The van der Waals surface area contributed by atoms with Gasteiger partial charge in [0.15, 0.2) is 0 Å². The highest BCUT2D eigenvalue weighted by Crippen LogP contribution is 2.29. The maximum absolute atomic E-state index is 12.5. The van der Waals surface area contributed by atoms with Gasteiger partial charge in [-0.25, -0.2) is 13.1 Å². The van der Waals surface area contributed by atoms with Crippen LogP contribution in [0.3, 0.4) is 0 Å². The highest BCUT2D eigenvalue weighted by molar-refractivity contribution is 7.89. The molecule has 118 valence electrons. The van der Waals surface area contributed by atoms with Crippen LogP contribution in [0.1, 0.15) is 18.4 Å². The third kappa shape index (κ3) is 4.31. The van der Waals surface area contributed by atoms with Crippen molar-refractivity contribution in [1.82, 2.24) is 10.0 Å². The van der Waals surface area contributed by atoms with Gasteiger partial charge in [0.25, 0.3) is 0 Å². The SMILES string of the molecule is CNCc1cc(S(=O)(=O)NC2CCOCC2)c(Cl)cc1Cl. The number of halogens is 2. The first-order chi connectivity index (χ1) is 9.94. The van der Waals surface area contributed by atoms with Crippen molar-refractivity contribution in [2.24, 2.45) is 0 Å². The van der Waals surface area contributed by atoms with E-state index in [0.717, 1.165) is 0 Å². The van der Waals surface area contributed by atoms with Crippen molar-refractivity contribution >= 4 is 33.2 Å². The molecule has 1 saturated heterocycles. The van der Waals surface area contributed by atoms with E-state index in [0.29, 0.717) is 43.2 Å². The summed E-state index contributed by atoms with van der Waals surface area (Å²) in [5.74, 6) is 0. The fourth-order valence-corrected chi connectivity index (χ4v) is 4.37. The number of rotatable bonds is 5. The molecule has 5 nitrogen and oxygen atoms in total. The van der Waals surface area contributed by atoms with Crippen molar-refractivity contribution in [1.29, 1.82) is 0 Å². The molecule has 8 heteroatoms. The lowest BCUT2D eigenvalue weighted by Crippen LogP contribution is -2.39. The molecule has 0 atom stereocenters. The maximum Gasteiger partial charge on any atom is 0.242 e. The van der Waals surface area contributed by atoms with E-state index >= 15 is 0 Å². The Balaban J connectivity index is 2.27. The lowest BCUT2D eigenvalue weighted by Gasteiger charge is -2.23. The molecule has 0 aromatic heterocycles. The van der Waals surface area contributed by atoms with Crippen molar-refractivity contribution < 1.29 is 13.2 Å². The Morgan fingerprint density at radius 1 is 1.24 bits per heavy atom. The molecule has 0 saturated carbocycles. The molecule has 0 unspecified atom stereocenters. The molecule has 1 aromatic rings. The lowest BCUT2D eigenvalue weighted by atomic mass is 10.1. The Morgan fingerprint density at radius 2 is 1.90 bits per heavy atom. The molecule has 1 heterocycles. The van der Waals surface area contributed by atoms with Crippen LogP contribution in [0.15, 0.2) is 17.0 Å². The molecule has 0 spiro atoms. The lowest BCUT2D eigenvalue weighted by molar-refractivity contribution is 0.0832. The first kappa shape index (κ1) is 17.0. The Labute approximate surface area is 135 Å². The number of ether oxygens (including phenoxy) is 1. The van der Waals surface area contributed by atoms with Gasteiger partial charge < -0.3 is 10.1 Å². The number of hydrogen-bond donors (Lipinski definition) is 2. The maximum atomic E-state index is 12.5. The van der Waals surface area contributed by atoms with E-state index in [4.69, 9.17) is 27.9 Å². The van der Waals surface area contributed by atoms with Gasteiger partial charge in [-0.1, -0.05) is 23.2 Å². The van der Waals surface area contributed by atoms with Crippen LogP contribution < -0.4 is 10.0 Å². The molecule has 1 fully saturated rings. The van der Waals surface area contributed by atoms with E-state index < -0.39 is 10.0 Å². The fraction of sp³-hybridized carbons (Fsp3) is 0.538. The van der Waals surface area contributed by atoms with Gasteiger partial charge in [0.1, 0.15) is 4.90 Å². The monoisotopic (exact) mass is 352 g/mol. The zero-order valence-corrected chi connectivity index (χ0v) is 14.0. The van der Waals surface area contributed by atoms with Crippen LogP contribution in [-0.2, 0) is 21.3 Å². The number of nitrogens with one attached hydrogen (secondary N) is 2. The Morgan fingerprint density at radius 3 is 2.52 bits per heavy atom. The third-order valence-electron chi connectivity index (χ3n) is 3.30. The van der Waals surface area contributed by atoms with Gasteiger partial charge in [-0.3, -0.25) is 0 Å². The predicted octanol–water partition coefficient (Wildman–Crippen LogP) is 2.17. The normalized spacial score (nSPS) is 17.1. The molecule has 1 aromatic carbocycles. The van der Waals surface area contributed by atoms with Crippen molar-refractivity contribution in [2.75, 3.05) is 20.3 Å². The van der Waals surface area contributed by atoms with E-state index in [1.165, 1.54) is 12.1 Å². The Hall–Kier alpha value is -0.370. The van der Waals surface area contributed by atoms with E-state index in [-0.39, 0.29) is 16.0 Å². The minimum absolute atomic E-state index is 0.0605. The first-order valence-corrected chi connectivity index (χ1v) is 8.90. The summed E-state index contributed by atoms with van der Waals surface area (Å²) in [6, 6.07) is 2.86. The third-order valence-corrected chi connectivity index (χ3v) is 5.64. The fourth-order valence-electron chi connectivity index (χ4n) is 2.20. The van der Waals surface area contributed by atoms with E-state index in [1.54, 1.807) is 7.05 Å². The van der Waals surface area contributed by atoms with Crippen LogP contribution in [0.4, 0.5) is 0 Å². The van der Waals surface area contributed by atoms with E-state index in [9.17, 15) is 8.42 Å². The van der Waals surface area contributed by atoms with Gasteiger partial charge in [-0.15, -0.1) is 0 Å². The average molecular weight is 353 g/mol. The summed E-state index contributed by atoms with van der Waals surface area (Å²) in [5, 5.41) is 3.51. The summed E-state index contributed by atoms with van der Waals surface area (Å²) in [7, 11) is -1.91. The summed E-state index contributed by atoms with van der Waals surface area (Å²) >= 11 is 12.1. The van der Waals surface area contributed by atoms with Crippen LogP contribution in [0.2, 0.25) is 10.0 Å². The van der Waals surface area contributed by atoms with Gasteiger partial charge in [0.2, 0.25) is 10.0 Å². The quantitative estimate of drug-likeness (QED) is 0.852. The molecule has 1 aliphatic rings. The summed E-state index contributed by atoms with van der Waals surface area (Å²) in [6.07, 6.45) is 1.32. The van der Waals surface area contributed by atoms with Gasteiger partial charge in [-0.2, -0.15) is 0 Å².